The fourth-order valence-corrected chi connectivity index (χ4v) is 2.59. The zero-order valence-corrected chi connectivity index (χ0v) is 16.5. The molecule has 1 aliphatic heterocycles. The molecule has 0 bridgehead atoms. The third-order valence-corrected chi connectivity index (χ3v) is 4.11. The molecule has 9 heteroatoms. The number of nitrogens with one attached hydrogen (secondary N) is 2. The van der Waals surface area contributed by atoms with Crippen LogP contribution in [0.1, 0.15) is 12.5 Å². The summed E-state index contributed by atoms with van der Waals surface area (Å²) in [4.78, 5) is 36.0. The summed E-state index contributed by atoms with van der Waals surface area (Å²) in [6.07, 6.45) is -1.83. The minimum absolute atomic E-state index is 0.00150. The second kappa shape index (κ2) is 9.64. The van der Waals surface area contributed by atoms with Gasteiger partial charge in [-0.05, 0) is 43.7 Å². The summed E-state index contributed by atoms with van der Waals surface area (Å²) in [5, 5.41) is 0. The number of hydrogen-bond acceptors (Lipinski definition) is 7. The Bertz CT molecular complexity index is 931. The highest BCUT2D eigenvalue weighted by Crippen LogP contribution is 2.30. The lowest BCUT2D eigenvalue weighted by Gasteiger charge is -2.25. The van der Waals surface area contributed by atoms with Crippen molar-refractivity contribution in [2.75, 3.05) is 13.2 Å². The molecule has 0 aliphatic carbocycles. The third-order valence-electron chi connectivity index (χ3n) is 4.11. The van der Waals surface area contributed by atoms with Crippen molar-refractivity contribution in [2.45, 2.75) is 26.1 Å². The first-order valence-corrected chi connectivity index (χ1v) is 9.29. The number of aryl methyl sites for hydroxylation is 1. The Morgan fingerprint density at radius 1 is 1.10 bits per heavy atom. The van der Waals surface area contributed by atoms with Crippen molar-refractivity contribution in [3.8, 4) is 17.2 Å². The van der Waals surface area contributed by atoms with E-state index in [4.69, 9.17) is 18.9 Å². The number of hydrogen-bond donors (Lipinski definition) is 2. The molecule has 1 heterocycles. The Morgan fingerprint density at radius 3 is 2.63 bits per heavy atom. The van der Waals surface area contributed by atoms with E-state index in [1.807, 2.05) is 13.0 Å². The van der Waals surface area contributed by atoms with Gasteiger partial charge < -0.3 is 18.9 Å². The van der Waals surface area contributed by atoms with Crippen LogP contribution in [-0.2, 0) is 19.1 Å². The smallest absolute Gasteiger partial charge is 0.347 e. The molecule has 0 saturated heterocycles. The van der Waals surface area contributed by atoms with Crippen LogP contribution >= 0.6 is 0 Å². The average molecular weight is 414 g/mol. The number of para-hydroxylation sites is 2. The maximum absolute atomic E-state index is 12.1. The Labute approximate surface area is 173 Å². The van der Waals surface area contributed by atoms with Crippen molar-refractivity contribution < 1.29 is 33.3 Å². The molecule has 2 aromatic carbocycles. The van der Waals surface area contributed by atoms with Gasteiger partial charge in [-0.1, -0.05) is 24.3 Å². The van der Waals surface area contributed by atoms with Gasteiger partial charge in [0.15, 0.2) is 24.2 Å². The van der Waals surface area contributed by atoms with Crippen molar-refractivity contribution in [1.29, 1.82) is 0 Å². The van der Waals surface area contributed by atoms with Gasteiger partial charge in [0, 0.05) is 0 Å². The van der Waals surface area contributed by atoms with Gasteiger partial charge in [-0.15, -0.1) is 0 Å². The summed E-state index contributed by atoms with van der Waals surface area (Å²) in [7, 11) is 0. The van der Waals surface area contributed by atoms with Crippen LogP contribution in [-0.4, -0.2) is 43.2 Å². The van der Waals surface area contributed by atoms with E-state index in [-0.39, 0.29) is 6.61 Å². The lowest BCUT2D eigenvalue weighted by Crippen LogP contribution is -2.51. The highest BCUT2D eigenvalue weighted by atomic mass is 16.6. The molecule has 0 unspecified atom stereocenters. The van der Waals surface area contributed by atoms with Gasteiger partial charge in [0.2, 0.25) is 6.10 Å². The van der Waals surface area contributed by atoms with Gasteiger partial charge in [-0.25, -0.2) is 4.79 Å². The molecule has 0 fully saturated rings. The number of benzene rings is 2. The van der Waals surface area contributed by atoms with Crippen LogP contribution in [0.15, 0.2) is 48.5 Å². The Kier molecular flexibility index (Phi) is 6.74. The van der Waals surface area contributed by atoms with E-state index in [1.54, 1.807) is 42.5 Å². The van der Waals surface area contributed by atoms with Crippen LogP contribution in [0.25, 0.3) is 0 Å². The van der Waals surface area contributed by atoms with Gasteiger partial charge >= 0.3 is 5.97 Å². The Balaban J connectivity index is 1.38. The molecular weight excluding hydrogens is 392 g/mol. The summed E-state index contributed by atoms with van der Waals surface area (Å²) in [6, 6.07) is 14.1. The highest BCUT2D eigenvalue weighted by Gasteiger charge is 2.27. The van der Waals surface area contributed by atoms with E-state index >= 15 is 0 Å². The molecule has 0 radical (unpaired) electrons. The first-order valence-electron chi connectivity index (χ1n) is 9.29. The Hall–Kier alpha value is -3.75. The summed E-state index contributed by atoms with van der Waals surface area (Å²) in [5.41, 5.74) is 5.36. The number of carbonyl (C=O) groups excluding carboxylic acids is 3. The topological polar surface area (TPSA) is 112 Å². The molecule has 158 valence electrons. The van der Waals surface area contributed by atoms with Crippen LogP contribution < -0.4 is 25.1 Å². The van der Waals surface area contributed by atoms with Crippen LogP contribution in [0.2, 0.25) is 0 Å². The zero-order chi connectivity index (χ0) is 21.5. The van der Waals surface area contributed by atoms with Crippen molar-refractivity contribution in [2.24, 2.45) is 0 Å². The molecule has 2 amide bonds. The first kappa shape index (κ1) is 21.0. The number of fused-ring (bicyclic) bond motifs is 1. The van der Waals surface area contributed by atoms with Crippen molar-refractivity contribution >= 4 is 17.8 Å². The van der Waals surface area contributed by atoms with Crippen molar-refractivity contribution in [3.05, 3.63) is 54.1 Å². The van der Waals surface area contributed by atoms with E-state index in [2.05, 4.69) is 10.9 Å². The van der Waals surface area contributed by atoms with Crippen LogP contribution in [0.5, 0.6) is 17.2 Å². The standard InChI is InChI=1S/C21H22N2O7/c1-13-6-5-7-15(10-13)29-14(2)21(26)28-12-19(24)22-23-20(25)18-11-27-16-8-3-4-9-17(16)30-18/h3-10,14,18H,11-12H2,1-2H3,(H,22,24)(H,23,25)/t14-,18-/m0/s1. The molecule has 0 aromatic heterocycles. The van der Waals surface area contributed by atoms with Gasteiger partial charge in [-0.3, -0.25) is 20.4 Å². The van der Waals surface area contributed by atoms with Gasteiger partial charge in [-0.2, -0.15) is 0 Å². The number of hydrazine groups is 1. The molecule has 1 aliphatic rings. The SMILES string of the molecule is Cc1cccc(O[C@@H](C)C(=O)OCC(=O)NNC(=O)[C@@H]2COc3ccccc3O2)c1. The maximum atomic E-state index is 12.1. The molecule has 2 atom stereocenters. The second-order valence-electron chi connectivity index (χ2n) is 6.59. The maximum Gasteiger partial charge on any atom is 0.347 e. The van der Waals surface area contributed by atoms with E-state index in [0.29, 0.717) is 17.2 Å². The molecule has 2 aromatic rings. The zero-order valence-electron chi connectivity index (χ0n) is 16.5. The predicted octanol–water partition coefficient (Wildman–Crippen LogP) is 1.29. The summed E-state index contributed by atoms with van der Waals surface area (Å²) < 4.78 is 21.4. The minimum Gasteiger partial charge on any atom is -0.485 e. The summed E-state index contributed by atoms with van der Waals surface area (Å²) in [6.45, 7) is 2.84. The summed E-state index contributed by atoms with van der Waals surface area (Å²) >= 11 is 0. The lowest BCUT2D eigenvalue weighted by atomic mass is 10.2. The monoisotopic (exact) mass is 414 g/mol. The quantitative estimate of drug-likeness (QED) is 0.541. The molecule has 3 rings (SSSR count). The highest BCUT2D eigenvalue weighted by molar-refractivity contribution is 5.86. The normalized spacial score (nSPS) is 15.5. The fourth-order valence-electron chi connectivity index (χ4n) is 2.59. The number of amides is 2. The van der Waals surface area contributed by atoms with Crippen molar-refractivity contribution in [3.63, 3.8) is 0 Å². The number of ether oxygens (including phenoxy) is 4. The lowest BCUT2D eigenvalue weighted by molar-refractivity contribution is -0.155. The number of rotatable bonds is 6. The minimum atomic E-state index is -0.925. The molecule has 9 nitrogen and oxygen atoms in total. The Morgan fingerprint density at radius 2 is 1.87 bits per heavy atom. The van der Waals surface area contributed by atoms with Crippen LogP contribution in [0.3, 0.4) is 0 Å². The van der Waals surface area contributed by atoms with E-state index < -0.39 is 36.6 Å². The van der Waals surface area contributed by atoms with E-state index in [9.17, 15) is 14.4 Å². The third kappa shape index (κ3) is 5.63. The van der Waals surface area contributed by atoms with Crippen molar-refractivity contribution in [1.82, 2.24) is 10.9 Å². The molecule has 0 spiro atoms. The van der Waals surface area contributed by atoms with E-state index in [0.717, 1.165) is 5.56 Å². The largest absolute Gasteiger partial charge is 0.485 e. The molecule has 0 saturated carbocycles. The molecular formula is C21H22N2O7. The van der Waals surface area contributed by atoms with Gasteiger partial charge in [0.05, 0.1) is 0 Å². The van der Waals surface area contributed by atoms with E-state index in [1.165, 1.54) is 6.92 Å². The summed E-state index contributed by atoms with van der Waals surface area (Å²) in [5.74, 6) is -0.519. The second-order valence-corrected chi connectivity index (χ2v) is 6.59. The fraction of sp³-hybridized carbons (Fsp3) is 0.286. The predicted molar refractivity (Wildman–Crippen MR) is 105 cm³/mol. The number of esters is 1. The van der Waals surface area contributed by atoms with Crippen LogP contribution in [0, 0.1) is 6.92 Å². The average Bonchev–Trinajstić information content (AvgIpc) is 2.75. The van der Waals surface area contributed by atoms with Gasteiger partial charge in [0.25, 0.3) is 11.8 Å². The first-order chi connectivity index (χ1) is 14.4. The molecule has 30 heavy (non-hydrogen) atoms. The molecule has 2 N–H and O–H groups in total. The van der Waals surface area contributed by atoms with Gasteiger partial charge in [0.1, 0.15) is 12.4 Å². The number of carbonyl (C=O) groups is 3. The van der Waals surface area contributed by atoms with Crippen LogP contribution in [0.4, 0.5) is 0 Å².